The lowest BCUT2D eigenvalue weighted by Crippen LogP contribution is -2.52. The van der Waals surface area contributed by atoms with Crippen molar-refractivity contribution in [1.82, 2.24) is 9.62 Å². The molecule has 1 aliphatic heterocycles. The van der Waals surface area contributed by atoms with Crippen molar-refractivity contribution < 1.29 is 17.9 Å². The molecule has 0 radical (unpaired) electrons. The smallest absolute Gasteiger partial charge is 0.410 e. The van der Waals surface area contributed by atoms with Crippen LogP contribution in [0, 0.1) is 6.92 Å². The van der Waals surface area contributed by atoms with Gasteiger partial charge < -0.3 is 4.74 Å². The first-order valence-corrected chi connectivity index (χ1v) is 8.21. The molecule has 1 aromatic rings. The lowest BCUT2D eigenvalue weighted by atomic mass is 10.0. The molecule has 1 heterocycles. The van der Waals surface area contributed by atoms with E-state index < -0.39 is 21.7 Å². The third kappa shape index (κ3) is 3.54. The molecule has 0 spiro atoms. The molecule has 0 bridgehead atoms. The normalized spacial score (nSPS) is 16.1. The number of hydrogen-bond donors (Lipinski definition) is 1. The second kappa shape index (κ2) is 5.65. The maximum Gasteiger partial charge on any atom is 0.410 e. The zero-order chi connectivity index (χ0) is 15.7. The number of carbonyl (C=O) groups is 1. The van der Waals surface area contributed by atoms with Gasteiger partial charge in [-0.25, -0.2) is 17.9 Å². The van der Waals surface area contributed by atoms with Crippen LogP contribution in [0.1, 0.15) is 19.4 Å². The summed E-state index contributed by atoms with van der Waals surface area (Å²) in [6.45, 7) is 6.38. The van der Waals surface area contributed by atoms with Crippen LogP contribution >= 0.6 is 0 Å². The number of amides is 1. The summed E-state index contributed by atoms with van der Waals surface area (Å²) in [6, 6.07) is 6.70. The van der Waals surface area contributed by atoms with Crippen molar-refractivity contribution >= 4 is 16.1 Å². The number of aryl methyl sites for hydroxylation is 1. The maximum absolute atomic E-state index is 12.3. The Labute approximate surface area is 125 Å². The molecule has 2 rings (SSSR count). The van der Waals surface area contributed by atoms with Crippen LogP contribution in [0.5, 0.6) is 0 Å². The van der Waals surface area contributed by atoms with Gasteiger partial charge in [-0.05, 0) is 38.5 Å². The van der Waals surface area contributed by atoms with Gasteiger partial charge >= 0.3 is 6.09 Å². The number of carbonyl (C=O) groups excluding carboxylic acids is 1. The number of ether oxygens (including phenoxy) is 1. The summed E-state index contributed by atoms with van der Waals surface area (Å²) in [5, 5.41) is 0. The van der Waals surface area contributed by atoms with E-state index in [2.05, 4.69) is 4.72 Å². The Morgan fingerprint density at radius 2 is 2.10 bits per heavy atom. The average Bonchev–Trinajstić information content (AvgIpc) is 2.84. The molecule has 21 heavy (non-hydrogen) atoms. The van der Waals surface area contributed by atoms with E-state index >= 15 is 0 Å². The van der Waals surface area contributed by atoms with Crippen LogP contribution < -0.4 is 4.72 Å². The third-order valence-corrected chi connectivity index (χ3v) is 4.89. The van der Waals surface area contributed by atoms with E-state index in [1.807, 2.05) is 13.0 Å². The average molecular weight is 312 g/mol. The first-order chi connectivity index (χ1) is 9.72. The van der Waals surface area contributed by atoms with Gasteiger partial charge in [0.1, 0.15) is 6.61 Å². The van der Waals surface area contributed by atoms with Gasteiger partial charge in [0.15, 0.2) is 0 Å². The molecule has 1 saturated heterocycles. The van der Waals surface area contributed by atoms with E-state index in [1.54, 1.807) is 32.0 Å². The van der Waals surface area contributed by atoms with Gasteiger partial charge in [-0.3, -0.25) is 4.90 Å². The molecule has 1 fully saturated rings. The van der Waals surface area contributed by atoms with Crippen molar-refractivity contribution in [2.24, 2.45) is 0 Å². The Morgan fingerprint density at radius 1 is 1.38 bits per heavy atom. The van der Waals surface area contributed by atoms with E-state index in [-0.39, 0.29) is 11.4 Å². The largest absolute Gasteiger partial charge is 0.448 e. The molecule has 1 aliphatic rings. The zero-order valence-electron chi connectivity index (χ0n) is 12.4. The standard InChI is InChI=1S/C14H20N2O4S/c1-11-5-4-6-12(9-11)21(18,19)15-10-14(2,3)16-7-8-20-13(16)17/h4-6,9,15H,7-8,10H2,1-3H3. The predicted molar refractivity (Wildman–Crippen MR) is 78.5 cm³/mol. The van der Waals surface area contributed by atoms with Crippen LogP contribution in [0.2, 0.25) is 0 Å². The Balaban J connectivity index is 2.09. The summed E-state index contributed by atoms with van der Waals surface area (Å²) in [6.07, 6.45) is -0.408. The lowest BCUT2D eigenvalue weighted by Gasteiger charge is -2.33. The Hall–Kier alpha value is -1.60. The molecule has 116 valence electrons. The van der Waals surface area contributed by atoms with E-state index in [1.165, 1.54) is 4.90 Å². The van der Waals surface area contributed by atoms with Crippen LogP contribution in [0.25, 0.3) is 0 Å². The highest BCUT2D eigenvalue weighted by molar-refractivity contribution is 7.89. The van der Waals surface area contributed by atoms with Gasteiger partial charge in [-0.15, -0.1) is 0 Å². The fourth-order valence-corrected chi connectivity index (χ4v) is 3.48. The van der Waals surface area contributed by atoms with Gasteiger partial charge in [0.2, 0.25) is 10.0 Å². The number of nitrogens with one attached hydrogen (secondary N) is 1. The van der Waals surface area contributed by atoms with Gasteiger partial charge in [-0.2, -0.15) is 0 Å². The summed E-state index contributed by atoms with van der Waals surface area (Å²) in [5.74, 6) is 0. The summed E-state index contributed by atoms with van der Waals surface area (Å²) in [5.41, 5.74) is 0.227. The van der Waals surface area contributed by atoms with Crippen molar-refractivity contribution in [3.63, 3.8) is 0 Å². The molecular weight excluding hydrogens is 292 g/mol. The molecule has 0 aliphatic carbocycles. The minimum atomic E-state index is -3.59. The first kappa shape index (κ1) is 15.8. The second-order valence-electron chi connectivity index (χ2n) is 5.72. The molecule has 0 atom stereocenters. The van der Waals surface area contributed by atoms with Crippen LogP contribution in [-0.2, 0) is 14.8 Å². The minimum Gasteiger partial charge on any atom is -0.448 e. The lowest BCUT2D eigenvalue weighted by molar-refractivity contribution is 0.127. The Kier molecular flexibility index (Phi) is 4.25. The Bertz CT molecular complexity index is 640. The summed E-state index contributed by atoms with van der Waals surface area (Å²) in [7, 11) is -3.59. The molecule has 1 N–H and O–H groups in total. The third-order valence-electron chi connectivity index (χ3n) is 3.49. The molecule has 6 nitrogen and oxygen atoms in total. The summed E-state index contributed by atoms with van der Waals surface area (Å²) >= 11 is 0. The number of hydrogen-bond acceptors (Lipinski definition) is 4. The second-order valence-corrected chi connectivity index (χ2v) is 7.49. The fourth-order valence-electron chi connectivity index (χ4n) is 2.18. The van der Waals surface area contributed by atoms with Gasteiger partial charge in [0.05, 0.1) is 17.0 Å². The van der Waals surface area contributed by atoms with Crippen LogP contribution in [-0.4, -0.2) is 44.6 Å². The number of nitrogens with zero attached hydrogens (tertiary/aromatic N) is 1. The highest BCUT2D eigenvalue weighted by atomic mass is 32.2. The predicted octanol–water partition coefficient (Wildman–Crippen LogP) is 1.50. The van der Waals surface area contributed by atoms with Crippen LogP contribution in [0.3, 0.4) is 0 Å². The van der Waals surface area contributed by atoms with Crippen molar-refractivity contribution in [2.75, 3.05) is 19.7 Å². The Morgan fingerprint density at radius 3 is 2.67 bits per heavy atom. The van der Waals surface area contributed by atoms with Crippen LogP contribution in [0.4, 0.5) is 4.79 Å². The number of benzene rings is 1. The van der Waals surface area contributed by atoms with Gasteiger partial charge in [0, 0.05) is 6.54 Å². The molecular formula is C14H20N2O4S. The van der Waals surface area contributed by atoms with Crippen molar-refractivity contribution in [2.45, 2.75) is 31.2 Å². The number of rotatable bonds is 5. The van der Waals surface area contributed by atoms with E-state index in [0.29, 0.717) is 13.2 Å². The number of sulfonamides is 1. The molecule has 7 heteroatoms. The topological polar surface area (TPSA) is 75.7 Å². The van der Waals surface area contributed by atoms with E-state index in [9.17, 15) is 13.2 Å². The monoisotopic (exact) mass is 312 g/mol. The van der Waals surface area contributed by atoms with Crippen molar-refractivity contribution in [3.05, 3.63) is 29.8 Å². The van der Waals surface area contributed by atoms with Gasteiger partial charge in [-0.1, -0.05) is 12.1 Å². The quantitative estimate of drug-likeness (QED) is 0.894. The SMILES string of the molecule is Cc1cccc(S(=O)(=O)NCC(C)(C)N2CCOC2=O)c1. The van der Waals surface area contributed by atoms with Gasteiger partial charge in [0.25, 0.3) is 0 Å². The molecule has 0 unspecified atom stereocenters. The van der Waals surface area contributed by atoms with E-state index in [4.69, 9.17) is 4.74 Å². The molecule has 1 aromatic carbocycles. The minimum absolute atomic E-state index is 0.123. The van der Waals surface area contributed by atoms with Crippen LogP contribution in [0.15, 0.2) is 29.2 Å². The van der Waals surface area contributed by atoms with Crippen molar-refractivity contribution in [3.8, 4) is 0 Å². The highest BCUT2D eigenvalue weighted by Crippen LogP contribution is 2.19. The number of cyclic esters (lactones) is 1. The summed E-state index contributed by atoms with van der Waals surface area (Å²) < 4.78 is 32.0. The molecule has 0 aromatic heterocycles. The van der Waals surface area contributed by atoms with Crippen molar-refractivity contribution in [1.29, 1.82) is 0 Å². The molecule has 0 saturated carbocycles. The highest BCUT2D eigenvalue weighted by Gasteiger charge is 2.36. The summed E-state index contributed by atoms with van der Waals surface area (Å²) in [4.78, 5) is 13.3. The fraction of sp³-hybridized carbons (Fsp3) is 0.500. The van der Waals surface area contributed by atoms with E-state index in [0.717, 1.165) is 5.56 Å². The molecule has 1 amide bonds. The zero-order valence-corrected chi connectivity index (χ0v) is 13.2. The maximum atomic E-state index is 12.3. The first-order valence-electron chi connectivity index (χ1n) is 6.73.